The molecule has 0 spiro atoms. The zero-order chi connectivity index (χ0) is 14.9. The van der Waals surface area contributed by atoms with E-state index in [0.717, 1.165) is 30.8 Å². The number of carbonyl (C=O) groups is 1. The fraction of sp³-hybridized carbons (Fsp3) is 0.933. The molecule has 4 nitrogen and oxygen atoms in total. The molecule has 2 unspecified atom stereocenters. The van der Waals surface area contributed by atoms with Gasteiger partial charge in [0.05, 0.1) is 12.2 Å². The van der Waals surface area contributed by atoms with Gasteiger partial charge >= 0.3 is 0 Å². The van der Waals surface area contributed by atoms with Crippen molar-refractivity contribution >= 4 is 16.7 Å². The summed E-state index contributed by atoms with van der Waals surface area (Å²) < 4.78 is 11.5. The number of nitrogens with one attached hydrogen (secondary N) is 1. The second-order valence-corrected chi connectivity index (χ2v) is 8.55. The zero-order valence-corrected chi connectivity index (χ0v) is 13.9. The second-order valence-electron chi connectivity index (χ2n) is 6.86. The van der Waals surface area contributed by atoms with Gasteiger partial charge in [-0.05, 0) is 31.1 Å². The van der Waals surface area contributed by atoms with Gasteiger partial charge in [0.15, 0.2) is 0 Å². The molecule has 2 fully saturated rings. The molecule has 5 heteroatoms. The summed E-state index contributed by atoms with van der Waals surface area (Å²) in [4.78, 5) is 14.8. The lowest BCUT2D eigenvalue weighted by atomic mass is 10.0. The molecule has 2 saturated heterocycles. The van der Waals surface area contributed by atoms with Gasteiger partial charge in [0.2, 0.25) is 5.91 Å². The van der Waals surface area contributed by atoms with Crippen LogP contribution >= 0.6 is 0 Å². The normalized spacial score (nSPS) is 35.3. The highest BCUT2D eigenvalue weighted by molar-refractivity contribution is 7.85. The number of hydrogen-bond acceptors (Lipinski definition) is 3. The lowest BCUT2D eigenvalue weighted by Gasteiger charge is -2.35. The molecule has 0 aromatic carbocycles. The van der Waals surface area contributed by atoms with Gasteiger partial charge in [-0.1, -0.05) is 27.7 Å². The molecule has 2 aliphatic heterocycles. The van der Waals surface area contributed by atoms with E-state index in [1.165, 1.54) is 0 Å². The molecule has 116 valence electrons. The molecule has 0 aromatic heterocycles. The first-order chi connectivity index (χ1) is 9.40. The minimum atomic E-state index is -0.670. The maximum atomic E-state index is 12.7. The van der Waals surface area contributed by atoms with Gasteiger partial charge in [-0.3, -0.25) is 14.3 Å². The van der Waals surface area contributed by atoms with Crippen molar-refractivity contribution in [3.8, 4) is 0 Å². The Balaban J connectivity index is 2.12. The third-order valence-corrected chi connectivity index (χ3v) is 5.72. The maximum absolute atomic E-state index is 12.7. The first-order valence-electron chi connectivity index (χ1n) is 7.83. The van der Waals surface area contributed by atoms with E-state index in [2.05, 4.69) is 37.9 Å². The Hall–Kier alpha value is -0.420. The summed E-state index contributed by atoms with van der Waals surface area (Å²) in [7, 11) is -0.670. The Morgan fingerprint density at radius 2 is 1.85 bits per heavy atom. The summed E-state index contributed by atoms with van der Waals surface area (Å²) in [6, 6.07) is 0.228. The SMILES string of the molecule is CC(C)CC1NC(C(C)C)C(=O)N1C1CCS(=O)CC1. The van der Waals surface area contributed by atoms with Gasteiger partial charge in [-0.25, -0.2) is 0 Å². The minimum Gasteiger partial charge on any atom is -0.323 e. The highest BCUT2D eigenvalue weighted by atomic mass is 32.2. The van der Waals surface area contributed by atoms with Crippen molar-refractivity contribution in [1.82, 2.24) is 10.2 Å². The summed E-state index contributed by atoms with van der Waals surface area (Å²) in [5.41, 5.74) is 0. The lowest BCUT2D eigenvalue weighted by Crippen LogP contribution is -2.47. The number of nitrogens with zero attached hydrogens (tertiary/aromatic N) is 1. The monoisotopic (exact) mass is 300 g/mol. The topological polar surface area (TPSA) is 49.4 Å². The van der Waals surface area contributed by atoms with Crippen molar-refractivity contribution in [3.05, 3.63) is 0 Å². The lowest BCUT2D eigenvalue weighted by molar-refractivity contribution is -0.133. The van der Waals surface area contributed by atoms with Crippen molar-refractivity contribution in [1.29, 1.82) is 0 Å². The molecule has 1 amide bonds. The van der Waals surface area contributed by atoms with Crippen molar-refractivity contribution < 1.29 is 9.00 Å². The van der Waals surface area contributed by atoms with Crippen molar-refractivity contribution in [2.45, 2.75) is 65.2 Å². The van der Waals surface area contributed by atoms with Gasteiger partial charge < -0.3 is 4.90 Å². The molecular formula is C15H28N2O2S. The fourth-order valence-electron chi connectivity index (χ4n) is 3.27. The Bertz CT molecular complexity index is 374. The largest absolute Gasteiger partial charge is 0.323 e. The van der Waals surface area contributed by atoms with Crippen molar-refractivity contribution in [2.24, 2.45) is 11.8 Å². The molecule has 2 aliphatic rings. The predicted octanol–water partition coefficient (Wildman–Crippen LogP) is 1.73. The fourth-order valence-corrected chi connectivity index (χ4v) is 4.55. The van der Waals surface area contributed by atoms with Gasteiger partial charge in [0, 0.05) is 28.3 Å². The van der Waals surface area contributed by atoms with Crippen LogP contribution in [-0.4, -0.2) is 44.8 Å². The van der Waals surface area contributed by atoms with E-state index in [0.29, 0.717) is 11.8 Å². The molecule has 2 heterocycles. The minimum absolute atomic E-state index is 0.0498. The Labute approximate surface area is 125 Å². The van der Waals surface area contributed by atoms with Gasteiger partial charge in [-0.15, -0.1) is 0 Å². The molecule has 20 heavy (non-hydrogen) atoms. The van der Waals surface area contributed by atoms with Crippen LogP contribution in [-0.2, 0) is 15.6 Å². The van der Waals surface area contributed by atoms with Crippen LogP contribution in [0.4, 0.5) is 0 Å². The summed E-state index contributed by atoms with van der Waals surface area (Å²) in [6.45, 7) is 8.59. The average molecular weight is 300 g/mol. The van der Waals surface area contributed by atoms with Crippen LogP contribution in [0.3, 0.4) is 0 Å². The number of rotatable bonds is 4. The van der Waals surface area contributed by atoms with E-state index >= 15 is 0 Å². The predicted molar refractivity (Wildman–Crippen MR) is 82.7 cm³/mol. The molecule has 0 radical (unpaired) electrons. The van der Waals surface area contributed by atoms with E-state index in [1.54, 1.807) is 0 Å². The van der Waals surface area contributed by atoms with E-state index in [4.69, 9.17) is 0 Å². The maximum Gasteiger partial charge on any atom is 0.241 e. The van der Waals surface area contributed by atoms with Crippen LogP contribution in [0.2, 0.25) is 0 Å². The molecule has 0 saturated carbocycles. The number of carbonyl (C=O) groups excluding carboxylic acids is 1. The van der Waals surface area contributed by atoms with Crippen LogP contribution in [0.1, 0.15) is 47.0 Å². The number of hydrogen-bond donors (Lipinski definition) is 1. The highest BCUT2D eigenvalue weighted by Gasteiger charge is 2.44. The second kappa shape index (κ2) is 6.56. The Kier molecular flexibility index (Phi) is 5.24. The summed E-state index contributed by atoms with van der Waals surface area (Å²) in [6.07, 6.45) is 2.93. The summed E-state index contributed by atoms with van der Waals surface area (Å²) in [5.74, 6) is 2.62. The van der Waals surface area contributed by atoms with Gasteiger partial charge in [0.1, 0.15) is 0 Å². The first-order valence-corrected chi connectivity index (χ1v) is 9.32. The van der Waals surface area contributed by atoms with Crippen LogP contribution in [0, 0.1) is 11.8 Å². The van der Waals surface area contributed by atoms with E-state index in [-0.39, 0.29) is 24.2 Å². The third kappa shape index (κ3) is 3.42. The van der Waals surface area contributed by atoms with Crippen LogP contribution in [0.15, 0.2) is 0 Å². The molecule has 0 aliphatic carbocycles. The van der Waals surface area contributed by atoms with E-state index in [1.807, 2.05) is 0 Å². The average Bonchev–Trinajstić information content (AvgIpc) is 2.67. The van der Waals surface area contributed by atoms with Gasteiger partial charge in [-0.2, -0.15) is 0 Å². The van der Waals surface area contributed by atoms with Crippen LogP contribution in [0.25, 0.3) is 0 Å². The number of amides is 1. The van der Waals surface area contributed by atoms with Gasteiger partial charge in [0.25, 0.3) is 0 Å². The third-order valence-electron chi connectivity index (χ3n) is 4.34. The standard InChI is InChI=1S/C15H28N2O2S/c1-10(2)9-13-16-14(11(3)4)15(18)17(13)12-5-7-20(19)8-6-12/h10-14,16H,5-9H2,1-4H3. The van der Waals surface area contributed by atoms with E-state index < -0.39 is 10.8 Å². The molecular weight excluding hydrogens is 272 g/mol. The van der Waals surface area contributed by atoms with Crippen molar-refractivity contribution in [2.75, 3.05) is 11.5 Å². The van der Waals surface area contributed by atoms with Crippen LogP contribution in [0.5, 0.6) is 0 Å². The smallest absolute Gasteiger partial charge is 0.241 e. The van der Waals surface area contributed by atoms with Crippen LogP contribution < -0.4 is 5.32 Å². The highest BCUT2D eigenvalue weighted by Crippen LogP contribution is 2.28. The molecule has 2 rings (SSSR count). The molecule has 0 bridgehead atoms. The summed E-state index contributed by atoms with van der Waals surface area (Å²) >= 11 is 0. The molecule has 1 N–H and O–H groups in total. The zero-order valence-electron chi connectivity index (χ0n) is 13.1. The van der Waals surface area contributed by atoms with E-state index in [9.17, 15) is 9.00 Å². The molecule has 2 atom stereocenters. The van der Waals surface area contributed by atoms with Crippen molar-refractivity contribution in [3.63, 3.8) is 0 Å². The summed E-state index contributed by atoms with van der Waals surface area (Å²) in [5, 5.41) is 3.53. The first kappa shape index (κ1) is 16.0. The quantitative estimate of drug-likeness (QED) is 0.860. The Morgan fingerprint density at radius 3 is 2.35 bits per heavy atom. The Morgan fingerprint density at radius 1 is 1.25 bits per heavy atom. The molecule has 0 aromatic rings.